The lowest BCUT2D eigenvalue weighted by atomic mass is 9.93. The minimum atomic E-state index is -0.0771. The van der Waals surface area contributed by atoms with Gasteiger partial charge in [0.15, 0.2) is 0 Å². The quantitative estimate of drug-likeness (QED) is 0.703. The maximum Gasteiger partial charge on any atom is 0.323 e. The van der Waals surface area contributed by atoms with Gasteiger partial charge in [0, 0.05) is 0 Å². The van der Waals surface area contributed by atoms with E-state index >= 15 is 0 Å². The van der Waals surface area contributed by atoms with Gasteiger partial charge in [-0.3, -0.25) is 4.79 Å². The zero-order valence-electron chi connectivity index (χ0n) is 9.43. The first-order valence-corrected chi connectivity index (χ1v) is 5.39. The molecule has 0 bridgehead atoms. The monoisotopic (exact) mass is 199 g/mol. The number of hydrogen-bond donors (Lipinski definition) is 1. The average Bonchev–Trinajstić information content (AvgIpc) is 2.53. The highest BCUT2D eigenvalue weighted by molar-refractivity contribution is 5.76. The molecule has 0 saturated carbocycles. The number of rotatable bonds is 3. The molecule has 0 spiro atoms. The van der Waals surface area contributed by atoms with Crippen LogP contribution in [-0.2, 0) is 9.53 Å². The van der Waals surface area contributed by atoms with Crippen LogP contribution in [0.2, 0.25) is 0 Å². The van der Waals surface area contributed by atoms with Crippen molar-refractivity contribution in [2.45, 2.75) is 46.1 Å². The number of carbonyl (C=O) groups excluding carboxylic acids is 1. The second-order valence-corrected chi connectivity index (χ2v) is 5.13. The summed E-state index contributed by atoms with van der Waals surface area (Å²) in [5.74, 6) is -0.0771. The van der Waals surface area contributed by atoms with E-state index in [1.165, 1.54) is 0 Å². The molecule has 14 heavy (non-hydrogen) atoms. The molecule has 1 aliphatic rings. The van der Waals surface area contributed by atoms with Crippen LogP contribution < -0.4 is 5.32 Å². The smallest absolute Gasteiger partial charge is 0.323 e. The van der Waals surface area contributed by atoms with Crippen molar-refractivity contribution >= 4 is 5.97 Å². The maximum atomic E-state index is 11.4. The number of ether oxygens (including phenoxy) is 1. The topological polar surface area (TPSA) is 38.3 Å². The van der Waals surface area contributed by atoms with Crippen LogP contribution in [-0.4, -0.2) is 25.2 Å². The average molecular weight is 199 g/mol. The summed E-state index contributed by atoms with van der Waals surface area (Å²) in [6, 6.07) is -0.0463. The largest absolute Gasteiger partial charge is 0.465 e. The predicted octanol–water partition coefficient (Wildman–Crippen LogP) is 1.72. The Bertz CT molecular complexity index is 190. The minimum absolute atomic E-state index is 0.0463. The number of nitrogens with one attached hydrogen (secondary N) is 1. The molecule has 0 amide bonds. The Labute approximate surface area is 86.2 Å². The lowest BCUT2D eigenvalue weighted by Gasteiger charge is -2.18. The SMILES string of the molecule is CC(C)(C)CCOC(=O)[C@@H]1CCCN1. The molecule has 1 rings (SSSR count). The van der Waals surface area contributed by atoms with E-state index in [4.69, 9.17) is 4.74 Å². The summed E-state index contributed by atoms with van der Waals surface area (Å²) in [6.45, 7) is 7.93. The van der Waals surface area contributed by atoms with Crippen LogP contribution in [0.1, 0.15) is 40.0 Å². The Hall–Kier alpha value is -0.570. The van der Waals surface area contributed by atoms with Gasteiger partial charge < -0.3 is 10.1 Å². The van der Waals surface area contributed by atoms with Crippen molar-refractivity contribution in [3.63, 3.8) is 0 Å². The molecule has 1 atom stereocenters. The minimum Gasteiger partial charge on any atom is -0.465 e. The van der Waals surface area contributed by atoms with Gasteiger partial charge >= 0.3 is 5.97 Å². The van der Waals surface area contributed by atoms with Gasteiger partial charge in [-0.15, -0.1) is 0 Å². The van der Waals surface area contributed by atoms with Crippen molar-refractivity contribution in [2.75, 3.05) is 13.2 Å². The Morgan fingerprint density at radius 3 is 2.71 bits per heavy atom. The third kappa shape index (κ3) is 4.09. The summed E-state index contributed by atoms with van der Waals surface area (Å²) in [4.78, 5) is 11.4. The van der Waals surface area contributed by atoms with Crippen LogP contribution in [0.25, 0.3) is 0 Å². The highest BCUT2D eigenvalue weighted by Gasteiger charge is 2.23. The van der Waals surface area contributed by atoms with Crippen molar-refractivity contribution in [3.8, 4) is 0 Å². The van der Waals surface area contributed by atoms with Gasteiger partial charge in [0.25, 0.3) is 0 Å². The summed E-state index contributed by atoms with van der Waals surface area (Å²) in [5.41, 5.74) is 0.239. The summed E-state index contributed by atoms with van der Waals surface area (Å²) < 4.78 is 5.20. The van der Waals surface area contributed by atoms with Gasteiger partial charge in [-0.2, -0.15) is 0 Å². The molecule has 0 radical (unpaired) electrons. The van der Waals surface area contributed by atoms with Crippen LogP contribution in [0.5, 0.6) is 0 Å². The fraction of sp³-hybridized carbons (Fsp3) is 0.909. The van der Waals surface area contributed by atoms with Crippen LogP contribution in [0.15, 0.2) is 0 Å². The Balaban J connectivity index is 2.15. The van der Waals surface area contributed by atoms with E-state index in [9.17, 15) is 4.79 Å². The second-order valence-electron chi connectivity index (χ2n) is 5.13. The molecule has 0 aromatic carbocycles. The van der Waals surface area contributed by atoms with E-state index in [2.05, 4.69) is 26.1 Å². The third-order valence-electron chi connectivity index (χ3n) is 2.44. The molecule has 1 saturated heterocycles. The third-order valence-corrected chi connectivity index (χ3v) is 2.44. The first-order chi connectivity index (χ1) is 6.49. The molecular formula is C11H21NO2. The van der Waals surface area contributed by atoms with Gasteiger partial charge in [-0.05, 0) is 31.2 Å². The fourth-order valence-corrected chi connectivity index (χ4v) is 1.44. The molecule has 1 aliphatic heterocycles. The number of carbonyl (C=O) groups is 1. The van der Waals surface area contributed by atoms with Crippen molar-refractivity contribution in [1.82, 2.24) is 5.32 Å². The Kier molecular flexibility index (Phi) is 3.93. The van der Waals surface area contributed by atoms with Crippen LogP contribution in [0, 0.1) is 5.41 Å². The zero-order chi connectivity index (χ0) is 10.6. The summed E-state index contributed by atoms with van der Waals surface area (Å²) in [7, 11) is 0. The molecular weight excluding hydrogens is 178 g/mol. The number of esters is 1. The predicted molar refractivity (Wildman–Crippen MR) is 56.1 cm³/mol. The molecule has 0 unspecified atom stereocenters. The fourth-order valence-electron chi connectivity index (χ4n) is 1.44. The zero-order valence-corrected chi connectivity index (χ0v) is 9.43. The summed E-state index contributed by atoms with van der Waals surface area (Å²) in [5, 5.41) is 3.13. The van der Waals surface area contributed by atoms with E-state index in [0.29, 0.717) is 6.61 Å². The van der Waals surface area contributed by atoms with Gasteiger partial charge in [0.1, 0.15) is 6.04 Å². The first kappa shape index (κ1) is 11.5. The molecule has 0 aliphatic carbocycles. The van der Waals surface area contributed by atoms with E-state index < -0.39 is 0 Å². The molecule has 3 heteroatoms. The highest BCUT2D eigenvalue weighted by atomic mass is 16.5. The molecule has 82 valence electrons. The normalized spacial score (nSPS) is 22.4. The van der Waals surface area contributed by atoms with Crippen LogP contribution >= 0.6 is 0 Å². The van der Waals surface area contributed by atoms with Gasteiger partial charge in [-0.25, -0.2) is 0 Å². The molecule has 1 fully saturated rings. The highest BCUT2D eigenvalue weighted by Crippen LogP contribution is 2.18. The standard InChI is InChI=1S/C11H21NO2/c1-11(2,3)6-8-14-10(13)9-5-4-7-12-9/h9,12H,4-8H2,1-3H3/t9-/m0/s1. The van der Waals surface area contributed by atoms with E-state index in [1.807, 2.05) is 0 Å². The molecule has 1 heterocycles. The van der Waals surface area contributed by atoms with Crippen LogP contribution in [0.4, 0.5) is 0 Å². The van der Waals surface area contributed by atoms with Crippen molar-refractivity contribution in [3.05, 3.63) is 0 Å². The van der Waals surface area contributed by atoms with Gasteiger partial charge in [-0.1, -0.05) is 20.8 Å². The molecule has 3 nitrogen and oxygen atoms in total. The van der Waals surface area contributed by atoms with Crippen molar-refractivity contribution in [1.29, 1.82) is 0 Å². The first-order valence-electron chi connectivity index (χ1n) is 5.39. The lowest BCUT2D eigenvalue weighted by Crippen LogP contribution is -2.32. The molecule has 1 N–H and O–H groups in total. The lowest BCUT2D eigenvalue weighted by molar-refractivity contribution is -0.146. The second kappa shape index (κ2) is 4.78. The summed E-state index contributed by atoms with van der Waals surface area (Å²) in [6.07, 6.45) is 2.93. The van der Waals surface area contributed by atoms with Gasteiger partial charge in [0.05, 0.1) is 6.61 Å². The van der Waals surface area contributed by atoms with Gasteiger partial charge in [0.2, 0.25) is 0 Å². The van der Waals surface area contributed by atoms with Crippen molar-refractivity contribution < 1.29 is 9.53 Å². The maximum absolute atomic E-state index is 11.4. The van der Waals surface area contributed by atoms with Crippen molar-refractivity contribution in [2.24, 2.45) is 5.41 Å². The van der Waals surface area contributed by atoms with E-state index in [1.54, 1.807) is 0 Å². The van der Waals surface area contributed by atoms with E-state index in [-0.39, 0.29) is 17.4 Å². The Morgan fingerprint density at radius 1 is 1.50 bits per heavy atom. The number of hydrogen-bond acceptors (Lipinski definition) is 3. The van der Waals surface area contributed by atoms with E-state index in [0.717, 1.165) is 25.8 Å². The summed E-state index contributed by atoms with van der Waals surface area (Å²) >= 11 is 0. The van der Waals surface area contributed by atoms with Crippen LogP contribution in [0.3, 0.4) is 0 Å². The molecule has 0 aromatic rings. The Morgan fingerprint density at radius 2 is 2.21 bits per heavy atom. The molecule has 0 aromatic heterocycles.